The smallest absolute Gasteiger partial charge is 0.299 e. The first-order valence-corrected chi connectivity index (χ1v) is 6.21. The van der Waals surface area contributed by atoms with E-state index in [2.05, 4.69) is 9.64 Å². The Bertz CT molecular complexity index is 362. The second kappa shape index (κ2) is 5.05. The highest BCUT2D eigenvalue weighted by atomic mass is 19.4. The van der Waals surface area contributed by atoms with Crippen LogP contribution >= 0.6 is 0 Å². The molecule has 3 atom stereocenters. The molecule has 0 radical (unpaired) electrons. The lowest BCUT2D eigenvalue weighted by Crippen LogP contribution is -2.32. The van der Waals surface area contributed by atoms with Gasteiger partial charge in [0.2, 0.25) is 0 Å². The third-order valence-electron chi connectivity index (χ3n) is 3.64. The Morgan fingerprint density at radius 2 is 2.11 bits per heavy atom. The molecule has 0 spiro atoms. The summed E-state index contributed by atoms with van der Waals surface area (Å²) in [4.78, 5) is 2.18. The molecule has 0 saturated carbocycles. The topological polar surface area (TPSA) is 12.5 Å². The molecular formula is C13H18F3NO. The molecule has 1 fully saturated rings. The molecule has 0 bridgehead atoms. The predicted molar refractivity (Wildman–Crippen MR) is 63.0 cm³/mol. The summed E-state index contributed by atoms with van der Waals surface area (Å²) in [5.74, 6) is -0.248. The molecule has 0 aromatic rings. The van der Waals surface area contributed by atoms with E-state index in [4.69, 9.17) is 0 Å². The Morgan fingerprint density at radius 1 is 1.39 bits per heavy atom. The van der Waals surface area contributed by atoms with Gasteiger partial charge in [0.1, 0.15) is 0 Å². The number of hydrogen-bond donors (Lipinski definition) is 0. The van der Waals surface area contributed by atoms with Gasteiger partial charge in [-0.05, 0) is 32.0 Å². The van der Waals surface area contributed by atoms with Crippen LogP contribution in [0, 0.1) is 5.92 Å². The first kappa shape index (κ1) is 13.6. The lowest BCUT2D eigenvalue weighted by molar-refractivity contribution is -0.339. The molecule has 1 heterocycles. The molecule has 0 amide bonds. The maximum absolute atomic E-state index is 12.3. The maximum Gasteiger partial charge on any atom is 0.523 e. The van der Waals surface area contributed by atoms with Crippen LogP contribution < -0.4 is 0 Å². The summed E-state index contributed by atoms with van der Waals surface area (Å²) in [7, 11) is 2.00. The highest BCUT2D eigenvalue weighted by Crippen LogP contribution is 2.31. The molecule has 1 aliphatic carbocycles. The number of likely N-dealkylation sites (tertiary alicyclic amines) is 1. The standard InChI is InChI=1S/C13H18F3NO/c1-9-5-6-10(11-4-3-7-17(11)2)8-12(9)18-13(14,15)16/h5-6,8-9,11-12H,3-4,7H2,1-2H3. The van der Waals surface area contributed by atoms with Gasteiger partial charge in [-0.1, -0.05) is 25.2 Å². The minimum absolute atomic E-state index is 0.230. The minimum Gasteiger partial charge on any atom is -0.299 e. The molecule has 0 aromatic carbocycles. The zero-order valence-corrected chi connectivity index (χ0v) is 10.6. The minimum atomic E-state index is -4.58. The monoisotopic (exact) mass is 261 g/mol. The van der Waals surface area contributed by atoms with Crippen LogP contribution in [0.15, 0.2) is 23.8 Å². The second-order valence-electron chi connectivity index (χ2n) is 5.05. The number of ether oxygens (including phenoxy) is 1. The molecule has 1 aliphatic heterocycles. The first-order valence-electron chi connectivity index (χ1n) is 6.21. The molecule has 3 unspecified atom stereocenters. The highest BCUT2D eigenvalue weighted by molar-refractivity contribution is 5.31. The van der Waals surface area contributed by atoms with Gasteiger partial charge in [-0.15, -0.1) is 13.2 Å². The average Bonchev–Trinajstić information content (AvgIpc) is 2.66. The molecule has 2 aliphatic rings. The summed E-state index contributed by atoms with van der Waals surface area (Å²) < 4.78 is 41.1. The molecule has 0 aromatic heterocycles. The van der Waals surface area contributed by atoms with Crippen LogP contribution in [0.4, 0.5) is 13.2 Å². The summed E-state index contributed by atoms with van der Waals surface area (Å²) in [6, 6.07) is 0.230. The zero-order valence-electron chi connectivity index (χ0n) is 10.6. The van der Waals surface area contributed by atoms with Crippen LogP contribution in [-0.2, 0) is 4.74 Å². The van der Waals surface area contributed by atoms with Gasteiger partial charge in [-0.25, -0.2) is 0 Å². The lowest BCUT2D eigenvalue weighted by atomic mass is 9.91. The molecule has 102 valence electrons. The van der Waals surface area contributed by atoms with Gasteiger partial charge in [0.15, 0.2) is 0 Å². The molecule has 2 nitrogen and oxygen atoms in total. The SMILES string of the molecule is CC1C=CC(C2CCCN2C)=CC1OC(F)(F)F. The van der Waals surface area contributed by atoms with Crippen molar-refractivity contribution < 1.29 is 17.9 Å². The van der Waals surface area contributed by atoms with Crippen LogP contribution in [0.2, 0.25) is 0 Å². The van der Waals surface area contributed by atoms with E-state index in [9.17, 15) is 13.2 Å². The van der Waals surface area contributed by atoms with E-state index in [-0.39, 0.29) is 12.0 Å². The van der Waals surface area contributed by atoms with Gasteiger partial charge in [-0.3, -0.25) is 9.64 Å². The summed E-state index contributed by atoms with van der Waals surface area (Å²) in [5, 5.41) is 0. The van der Waals surface area contributed by atoms with Crippen molar-refractivity contribution in [2.45, 2.75) is 38.3 Å². The Balaban J connectivity index is 2.11. The van der Waals surface area contributed by atoms with Crippen molar-refractivity contribution in [1.82, 2.24) is 4.90 Å². The highest BCUT2D eigenvalue weighted by Gasteiger charge is 2.36. The molecule has 1 saturated heterocycles. The predicted octanol–water partition coefficient (Wildman–Crippen LogP) is 3.12. The van der Waals surface area contributed by atoms with E-state index in [1.54, 1.807) is 19.1 Å². The van der Waals surface area contributed by atoms with Crippen molar-refractivity contribution in [3.8, 4) is 0 Å². The Hall–Kier alpha value is -0.810. The fourth-order valence-corrected chi connectivity index (χ4v) is 2.62. The maximum atomic E-state index is 12.3. The molecule has 5 heteroatoms. The number of alkyl halides is 3. The van der Waals surface area contributed by atoms with Crippen LogP contribution in [0.3, 0.4) is 0 Å². The summed E-state index contributed by atoms with van der Waals surface area (Å²) in [6.45, 7) is 2.73. The van der Waals surface area contributed by atoms with Gasteiger partial charge >= 0.3 is 6.36 Å². The van der Waals surface area contributed by atoms with Crippen LogP contribution in [0.5, 0.6) is 0 Å². The third kappa shape index (κ3) is 3.14. The van der Waals surface area contributed by atoms with E-state index >= 15 is 0 Å². The van der Waals surface area contributed by atoms with Crippen molar-refractivity contribution in [2.75, 3.05) is 13.6 Å². The Kier molecular flexibility index (Phi) is 3.82. The van der Waals surface area contributed by atoms with E-state index in [0.717, 1.165) is 25.0 Å². The summed E-state index contributed by atoms with van der Waals surface area (Å²) in [5.41, 5.74) is 0.947. The second-order valence-corrected chi connectivity index (χ2v) is 5.05. The van der Waals surface area contributed by atoms with Crippen LogP contribution in [-0.4, -0.2) is 37.0 Å². The Morgan fingerprint density at radius 3 is 2.67 bits per heavy atom. The number of halogens is 3. The van der Waals surface area contributed by atoms with E-state index < -0.39 is 12.5 Å². The lowest BCUT2D eigenvalue weighted by Gasteiger charge is -2.28. The van der Waals surface area contributed by atoms with Crippen molar-refractivity contribution in [1.29, 1.82) is 0 Å². The summed E-state index contributed by atoms with van der Waals surface area (Å²) >= 11 is 0. The van der Waals surface area contributed by atoms with Gasteiger partial charge in [0.05, 0.1) is 6.10 Å². The number of likely N-dealkylation sites (N-methyl/N-ethyl adjacent to an activating group) is 1. The van der Waals surface area contributed by atoms with Gasteiger partial charge in [0, 0.05) is 12.0 Å². The third-order valence-corrected chi connectivity index (χ3v) is 3.64. The zero-order chi connectivity index (χ0) is 13.3. The Labute approximate surface area is 105 Å². The number of hydrogen-bond acceptors (Lipinski definition) is 2. The van der Waals surface area contributed by atoms with E-state index in [0.29, 0.717) is 0 Å². The van der Waals surface area contributed by atoms with Crippen molar-refractivity contribution >= 4 is 0 Å². The van der Waals surface area contributed by atoms with Crippen molar-refractivity contribution in [3.63, 3.8) is 0 Å². The normalized spacial score (nSPS) is 33.8. The van der Waals surface area contributed by atoms with Gasteiger partial charge < -0.3 is 0 Å². The summed E-state index contributed by atoms with van der Waals surface area (Å²) in [6.07, 6.45) is 1.98. The molecule has 2 rings (SSSR count). The largest absolute Gasteiger partial charge is 0.523 e. The molecule has 0 N–H and O–H groups in total. The number of nitrogens with zero attached hydrogens (tertiary/aromatic N) is 1. The average molecular weight is 261 g/mol. The quantitative estimate of drug-likeness (QED) is 0.757. The fourth-order valence-electron chi connectivity index (χ4n) is 2.62. The van der Waals surface area contributed by atoms with Gasteiger partial charge in [0.25, 0.3) is 0 Å². The van der Waals surface area contributed by atoms with Crippen LogP contribution in [0.25, 0.3) is 0 Å². The number of rotatable bonds is 2. The van der Waals surface area contributed by atoms with Crippen molar-refractivity contribution in [2.24, 2.45) is 5.92 Å². The van der Waals surface area contributed by atoms with Crippen LogP contribution in [0.1, 0.15) is 19.8 Å². The van der Waals surface area contributed by atoms with Gasteiger partial charge in [-0.2, -0.15) is 0 Å². The van der Waals surface area contributed by atoms with E-state index in [1.165, 1.54) is 0 Å². The van der Waals surface area contributed by atoms with E-state index in [1.807, 2.05) is 13.1 Å². The van der Waals surface area contributed by atoms with Crippen molar-refractivity contribution in [3.05, 3.63) is 23.8 Å². The fraction of sp³-hybridized carbons (Fsp3) is 0.692. The first-order chi connectivity index (χ1) is 8.37. The molecular weight excluding hydrogens is 243 g/mol. The molecule has 18 heavy (non-hydrogen) atoms.